The minimum Gasteiger partial charge on any atom is -0.494 e. The summed E-state index contributed by atoms with van der Waals surface area (Å²) < 4.78 is 37.1. The highest BCUT2D eigenvalue weighted by Gasteiger charge is 2.20. The van der Waals surface area contributed by atoms with Crippen molar-refractivity contribution < 1.29 is 18.1 Å². The van der Waals surface area contributed by atoms with Gasteiger partial charge in [-0.1, -0.05) is 32.9 Å². The Balaban J connectivity index is 2.40. The van der Waals surface area contributed by atoms with Crippen molar-refractivity contribution >= 4 is 16.5 Å². The fourth-order valence-electron chi connectivity index (χ4n) is 2.67. The van der Waals surface area contributed by atoms with Crippen LogP contribution in [0.5, 0.6) is 11.5 Å². The topological polar surface area (TPSA) is 90.8 Å². The molecule has 0 radical (unpaired) electrons. The molecule has 0 saturated heterocycles. The number of anilines is 1. The van der Waals surface area contributed by atoms with E-state index >= 15 is 0 Å². The number of allylic oxidation sites excluding steroid dienone is 1. The molecule has 0 aromatic heterocycles. The molecular weight excluding hydrogens is 393 g/mol. The minimum atomic E-state index is -1.62. The van der Waals surface area contributed by atoms with Crippen LogP contribution >= 0.6 is 0 Å². The van der Waals surface area contributed by atoms with Crippen LogP contribution < -0.4 is 26.1 Å². The SMILES string of the molecule is COc1cc(N(N)/C(C)=C(\N)S(=O)c2ccc(C(C)(C)C)cc2)c(OC)cc1F. The van der Waals surface area contributed by atoms with Gasteiger partial charge in [0.2, 0.25) is 0 Å². The Morgan fingerprint density at radius 3 is 2.10 bits per heavy atom. The van der Waals surface area contributed by atoms with E-state index in [0.29, 0.717) is 16.3 Å². The maximum atomic E-state index is 14.0. The number of rotatable bonds is 6. The summed E-state index contributed by atoms with van der Waals surface area (Å²) in [5.41, 5.74) is 7.94. The minimum absolute atomic E-state index is 0.00140. The zero-order valence-electron chi connectivity index (χ0n) is 17.6. The van der Waals surface area contributed by atoms with Gasteiger partial charge < -0.3 is 15.2 Å². The van der Waals surface area contributed by atoms with Crippen LogP contribution in [0.1, 0.15) is 33.3 Å². The van der Waals surface area contributed by atoms with Crippen molar-refractivity contribution in [1.29, 1.82) is 0 Å². The lowest BCUT2D eigenvalue weighted by atomic mass is 9.87. The van der Waals surface area contributed by atoms with Gasteiger partial charge in [0, 0.05) is 17.0 Å². The van der Waals surface area contributed by atoms with Crippen molar-refractivity contribution in [2.45, 2.75) is 38.0 Å². The van der Waals surface area contributed by atoms with Crippen molar-refractivity contribution in [3.05, 3.63) is 58.5 Å². The molecule has 0 aliphatic carbocycles. The molecule has 0 aliphatic rings. The normalized spacial score (nSPS) is 13.5. The zero-order chi connectivity index (χ0) is 21.9. The molecule has 0 spiro atoms. The summed E-state index contributed by atoms with van der Waals surface area (Å²) in [6.07, 6.45) is 0. The standard InChI is InChI=1S/C21H28FN3O3S/c1-13(25(24)17-12-18(27-5)16(22)11-19(17)28-6)20(23)29(26)15-9-7-14(8-10-15)21(2,3)4/h7-12H,23-24H2,1-6H3/b20-13+. The maximum absolute atomic E-state index is 14.0. The third kappa shape index (κ3) is 4.89. The summed E-state index contributed by atoms with van der Waals surface area (Å²) in [6, 6.07) is 10.0. The Bertz CT molecular complexity index is 937. The highest BCUT2D eigenvalue weighted by molar-refractivity contribution is 7.89. The number of hydrazine groups is 1. The molecule has 0 heterocycles. The number of nitrogens with two attached hydrogens (primary N) is 2. The first-order chi connectivity index (χ1) is 13.5. The number of nitrogens with zero attached hydrogens (tertiary/aromatic N) is 1. The summed E-state index contributed by atoms with van der Waals surface area (Å²) in [6.45, 7) is 7.95. The van der Waals surface area contributed by atoms with Crippen LogP contribution in [0.3, 0.4) is 0 Å². The Morgan fingerprint density at radius 1 is 1.07 bits per heavy atom. The summed E-state index contributed by atoms with van der Waals surface area (Å²) in [4.78, 5) is 0.562. The molecule has 0 bridgehead atoms. The molecule has 0 saturated carbocycles. The Morgan fingerprint density at radius 2 is 1.62 bits per heavy atom. The maximum Gasteiger partial charge on any atom is 0.168 e. The lowest BCUT2D eigenvalue weighted by molar-refractivity contribution is 0.377. The number of hydrogen-bond acceptors (Lipinski definition) is 6. The van der Waals surface area contributed by atoms with Gasteiger partial charge in [-0.3, -0.25) is 5.01 Å². The van der Waals surface area contributed by atoms with Crippen molar-refractivity contribution in [3.63, 3.8) is 0 Å². The average Bonchev–Trinajstić information content (AvgIpc) is 2.70. The Kier molecular flexibility index (Phi) is 6.92. The first-order valence-corrected chi connectivity index (χ1v) is 10.1. The van der Waals surface area contributed by atoms with Crippen LogP contribution in [0.4, 0.5) is 10.1 Å². The van der Waals surface area contributed by atoms with E-state index < -0.39 is 16.6 Å². The fourth-order valence-corrected chi connectivity index (χ4v) is 3.68. The van der Waals surface area contributed by atoms with E-state index in [2.05, 4.69) is 20.8 Å². The molecule has 0 amide bonds. The van der Waals surface area contributed by atoms with Crippen LogP contribution in [0.15, 0.2) is 52.0 Å². The second-order valence-electron chi connectivity index (χ2n) is 7.52. The molecule has 29 heavy (non-hydrogen) atoms. The van der Waals surface area contributed by atoms with Crippen molar-refractivity contribution in [3.8, 4) is 11.5 Å². The quantitative estimate of drug-likeness (QED) is 0.545. The molecule has 1 atom stereocenters. The van der Waals surface area contributed by atoms with Gasteiger partial charge in [0.05, 0.1) is 19.9 Å². The van der Waals surface area contributed by atoms with Gasteiger partial charge in [0.1, 0.15) is 27.3 Å². The average molecular weight is 422 g/mol. The fraction of sp³-hybridized carbons (Fsp3) is 0.333. The molecule has 2 rings (SSSR count). The van der Waals surface area contributed by atoms with Crippen molar-refractivity contribution in [2.24, 2.45) is 11.6 Å². The van der Waals surface area contributed by atoms with Crippen LogP contribution in [0, 0.1) is 5.82 Å². The number of hydrogen-bond donors (Lipinski definition) is 2. The van der Waals surface area contributed by atoms with Gasteiger partial charge in [-0.25, -0.2) is 14.4 Å². The molecule has 0 fully saturated rings. The number of ether oxygens (including phenoxy) is 2. The van der Waals surface area contributed by atoms with Crippen molar-refractivity contribution in [2.75, 3.05) is 19.2 Å². The lowest BCUT2D eigenvalue weighted by Crippen LogP contribution is -2.32. The first-order valence-electron chi connectivity index (χ1n) is 8.96. The molecule has 8 heteroatoms. The molecular formula is C21H28FN3O3S. The molecule has 158 valence electrons. The molecule has 2 aromatic carbocycles. The zero-order valence-corrected chi connectivity index (χ0v) is 18.4. The third-order valence-corrected chi connectivity index (χ3v) is 5.96. The second-order valence-corrected chi connectivity index (χ2v) is 8.97. The Hall–Kier alpha value is -2.58. The lowest BCUT2D eigenvalue weighted by Gasteiger charge is -2.24. The van der Waals surface area contributed by atoms with E-state index in [9.17, 15) is 8.60 Å². The predicted molar refractivity (Wildman–Crippen MR) is 115 cm³/mol. The summed E-state index contributed by atoms with van der Waals surface area (Å²) in [7, 11) is 1.13. The molecule has 0 aliphatic heterocycles. The number of benzene rings is 2. The number of halogens is 1. The molecule has 4 N–H and O–H groups in total. The van der Waals surface area contributed by atoms with E-state index in [0.717, 1.165) is 5.56 Å². The molecule has 1 unspecified atom stereocenters. The van der Waals surface area contributed by atoms with Crippen LogP contribution in [-0.2, 0) is 16.2 Å². The highest BCUT2D eigenvalue weighted by Crippen LogP contribution is 2.35. The van der Waals surface area contributed by atoms with Gasteiger partial charge >= 0.3 is 0 Å². The van der Waals surface area contributed by atoms with Gasteiger partial charge in [0.25, 0.3) is 0 Å². The van der Waals surface area contributed by atoms with E-state index in [1.54, 1.807) is 19.1 Å². The summed E-state index contributed by atoms with van der Waals surface area (Å²) >= 11 is 0. The summed E-state index contributed by atoms with van der Waals surface area (Å²) in [5, 5.41) is 1.29. The van der Waals surface area contributed by atoms with Crippen molar-refractivity contribution in [1.82, 2.24) is 0 Å². The van der Waals surface area contributed by atoms with Gasteiger partial charge in [-0.2, -0.15) is 0 Å². The molecule has 2 aromatic rings. The van der Waals surface area contributed by atoms with Crippen LogP contribution in [0.25, 0.3) is 0 Å². The number of methoxy groups -OCH3 is 2. The molecule has 6 nitrogen and oxygen atoms in total. The highest BCUT2D eigenvalue weighted by atomic mass is 32.2. The van der Waals surface area contributed by atoms with Crippen LogP contribution in [0.2, 0.25) is 0 Å². The largest absolute Gasteiger partial charge is 0.494 e. The third-order valence-electron chi connectivity index (χ3n) is 4.56. The van der Waals surface area contributed by atoms with Gasteiger partial charge in [-0.15, -0.1) is 0 Å². The van der Waals surface area contributed by atoms with Gasteiger partial charge in [-0.05, 0) is 30.0 Å². The van der Waals surface area contributed by atoms with Gasteiger partial charge in [0.15, 0.2) is 11.6 Å². The Labute approximate surface area is 173 Å². The first kappa shape index (κ1) is 22.7. The monoisotopic (exact) mass is 421 g/mol. The predicted octanol–water partition coefficient (Wildman–Crippen LogP) is 3.78. The van der Waals surface area contributed by atoms with E-state index in [1.165, 1.54) is 31.4 Å². The van der Waals surface area contributed by atoms with E-state index in [1.807, 2.05) is 12.1 Å². The smallest absolute Gasteiger partial charge is 0.168 e. The van der Waals surface area contributed by atoms with E-state index in [4.69, 9.17) is 21.1 Å². The van der Waals surface area contributed by atoms with E-state index in [-0.39, 0.29) is 21.9 Å². The van der Waals surface area contributed by atoms with Crippen LogP contribution in [-0.4, -0.2) is 18.4 Å². The second kappa shape index (κ2) is 8.84. The summed E-state index contributed by atoms with van der Waals surface area (Å²) in [5.74, 6) is 5.80.